The van der Waals surface area contributed by atoms with Crippen molar-refractivity contribution in [3.8, 4) is 0 Å². The van der Waals surface area contributed by atoms with Crippen LogP contribution in [0.2, 0.25) is 0 Å². The van der Waals surface area contributed by atoms with Gasteiger partial charge in [-0.05, 0) is 37.8 Å². The Morgan fingerprint density at radius 2 is 1.88 bits per heavy atom. The second-order valence-corrected chi connectivity index (χ2v) is 6.70. The van der Waals surface area contributed by atoms with Crippen LogP contribution in [0.3, 0.4) is 0 Å². The molecule has 1 unspecified atom stereocenters. The fourth-order valence-corrected chi connectivity index (χ4v) is 3.62. The minimum absolute atomic E-state index is 0. The molecule has 0 aliphatic carbocycles. The molecule has 25 heavy (non-hydrogen) atoms. The van der Waals surface area contributed by atoms with Crippen LogP contribution in [0.15, 0.2) is 18.6 Å². The third-order valence-electron chi connectivity index (χ3n) is 5.19. The highest BCUT2D eigenvalue weighted by molar-refractivity contribution is 5.85. The molecule has 1 aromatic heterocycles. The molecule has 0 aromatic carbocycles. The van der Waals surface area contributed by atoms with E-state index in [0.29, 0.717) is 24.2 Å². The summed E-state index contributed by atoms with van der Waals surface area (Å²) in [6, 6.07) is 0. The molecule has 142 valence electrons. The minimum atomic E-state index is 0. The molecule has 3 rings (SSSR count). The van der Waals surface area contributed by atoms with Gasteiger partial charge in [0.2, 0.25) is 5.91 Å². The van der Waals surface area contributed by atoms with E-state index in [1.165, 1.54) is 12.8 Å². The van der Waals surface area contributed by atoms with E-state index in [4.69, 9.17) is 0 Å². The maximum absolute atomic E-state index is 12.6. The Morgan fingerprint density at radius 3 is 2.48 bits per heavy atom. The highest BCUT2D eigenvalue weighted by Crippen LogP contribution is 2.25. The van der Waals surface area contributed by atoms with Crippen molar-refractivity contribution in [1.29, 1.82) is 0 Å². The maximum atomic E-state index is 12.6. The Balaban J connectivity index is 0.00000156. The SMILES string of the molecule is CC(CC(=O)N1CCN(c2cnccn2)CC1)C1CCNCC1.Cl.Cl. The van der Waals surface area contributed by atoms with Crippen molar-refractivity contribution >= 4 is 36.5 Å². The van der Waals surface area contributed by atoms with Crippen LogP contribution in [-0.4, -0.2) is 60.0 Å². The first kappa shape index (κ1) is 21.9. The number of nitrogens with zero attached hydrogens (tertiary/aromatic N) is 4. The number of rotatable bonds is 4. The highest BCUT2D eigenvalue weighted by Gasteiger charge is 2.26. The molecule has 0 spiro atoms. The molecule has 0 saturated carbocycles. The monoisotopic (exact) mass is 389 g/mol. The Bertz CT molecular complexity index is 505. The van der Waals surface area contributed by atoms with Crippen molar-refractivity contribution in [2.45, 2.75) is 26.2 Å². The van der Waals surface area contributed by atoms with Gasteiger partial charge in [0, 0.05) is 45.0 Å². The van der Waals surface area contributed by atoms with Gasteiger partial charge in [-0.2, -0.15) is 0 Å². The summed E-state index contributed by atoms with van der Waals surface area (Å²) in [5, 5.41) is 3.39. The molecule has 1 atom stereocenters. The van der Waals surface area contributed by atoms with Gasteiger partial charge in [-0.3, -0.25) is 9.78 Å². The van der Waals surface area contributed by atoms with Crippen LogP contribution in [0.5, 0.6) is 0 Å². The summed E-state index contributed by atoms with van der Waals surface area (Å²) >= 11 is 0. The zero-order chi connectivity index (χ0) is 16.1. The second kappa shape index (κ2) is 10.8. The average Bonchev–Trinajstić information content (AvgIpc) is 2.63. The minimum Gasteiger partial charge on any atom is -0.352 e. The number of hydrogen-bond donors (Lipinski definition) is 1. The van der Waals surface area contributed by atoms with Crippen molar-refractivity contribution in [3.63, 3.8) is 0 Å². The fraction of sp³-hybridized carbons (Fsp3) is 0.706. The molecule has 2 aliphatic heterocycles. The molecule has 2 saturated heterocycles. The van der Waals surface area contributed by atoms with Gasteiger partial charge in [0.25, 0.3) is 0 Å². The highest BCUT2D eigenvalue weighted by atomic mass is 35.5. The third kappa shape index (κ3) is 5.97. The molecular weight excluding hydrogens is 361 g/mol. The van der Waals surface area contributed by atoms with E-state index in [-0.39, 0.29) is 24.8 Å². The summed E-state index contributed by atoms with van der Waals surface area (Å²) in [5.74, 6) is 2.40. The van der Waals surface area contributed by atoms with Crippen LogP contribution in [0.25, 0.3) is 0 Å². The van der Waals surface area contributed by atoms with Gasteiger partial charge < -0.3 is 15.1 Å². The molecule has 2 aliphatic rings. The lowest BCUT2D eigenvalue weighted by molar-refractivity contribution is -0.132. The summed E-state index contributed by atoms with van der Waals surface area (Å²) in [7, 11) is 0. The molecule has 3 heterocycles. The van der Waals surface area contributed by atoms with Gasteiger partial charge in [-0.15, -0.1) is 24.8 Å². The Hall–Kier alpha value is -1.11. The molecule has 1 N–H and O–H groups in total. The number of carbonyl (C=O) groups excluding carboxylic acids is 1. The van der Waals surface area contributed by atoms with Gasteiger partial charge >= 0.3 is 0 Å². The molecule has 1 aromatic rings. The van der Waals surface area contributed by atoms with Gasteiger partial charge in [0.15, 0.2) is 0 Å². The lowest BCUT2D eigenvalue weighted by Gasteiger charge is -2.36. The van der Waals surface area contributed by atoms with Gasteiger partial charge in [-0.1, -0.05) is 6.92 Å². The summed E-state index contributed by atoms with van der Waals surface area (Å²) < 4.78 is 0. The smallest absolute Gasteiger partial charge is 0.222 e. The number of nitrogens with one attached hydrogen (secondary N) is 1. The fourth-order valence-electron chi connectivity index (χ4n) is 3.62. The van der Waals surface area contributed by atoms with Crippen LogP contribution >= 0.6 is 24.8 Å². The van der Waals surface area contributed by atoms with E-state index in [9.17, 15) is 4.79 Å². The topological polar surface area (TPSA) is 61.4 Å². The van der Waals surface area contributed by atoms with Crippen molar-refractivity contribution in [2.24, 2.45) is 11.8 Å². The lowest BCUT2D eigenvalue weighted by atomic mass is 9.84. The second-order valence-electron chi connectivity index (χ2n) is 6.70. The first-order valence-electron chi connectivity index (χ1n) is 8.73. The van der Waals surface area contributed by atoms with E-state index in [0.717, 1.165) is 45.1 Å². The standard InChI is InChI=1S/C17H27N5O.2ClH/c1-14(15-2-4-18-5-3-15)12-17(23)22-10-8-21(9-11-22)16-13-19-6-7-20-16;;/h6-7,13-15,18H,2-5,8-12H2,1H3;2*1H. The van der Waals surface area contributed by atoms with Crippen molar-refractivity contribution in [2.75, 3.05) is 44.2 Å². The normalized spacial score (nSPS) is 19.6. The van der Waals surface area contributed by atoms with Crippen LogP contribution in [0.4, 0.5) is 5.82 Å². The summed E-state index contributed by atoms with van der Waals surface area (Å²) in [6.45, 7) is 7.69. The molecule has 8 heteroatoms. The number of hydrogen-bond acceptors (Lipinski definition) is 5. The van der Waals surface area contributed by atoms with Crippen molar-refractivity contribution in [3.05, 3.63) is 18.6 Å². The Labute approximate surface area is 162 Å². The first-order chi connectivity index (χ1) is 11.2. The third-order valence-corrected chi connectivity index (χ3v) is 5.19. The van der Waals surface area contributed by atoms with Gasteiger partial charge in [0.05, 0.1) is 6.20 Å². The van der Waals surface area contributed by atoms with Crippen molar-refractivity contribution < 1.29 is 4.79 Å². The van der Waals surface area contributed by atoms with Crippen LogP contribution in [0, 0.1) is 11.8 Å². The summed E-state index contributed by atoms with van der Waals surface area (Å²) in [6.07, 6.45) is 8.29. The predicted molar refractivity (Wildman–Crippen MR) is 105 cm³/mol. The number of halogens is 2. The Morgan fingerprint density at radius 1 is 1.20 bits per heavy atom. The maximum Gasteiger partial charge on any atom is 0.222 e. The zero-order valence-corrected chi connectivity index (χ0v) is 16.4. The quantitative estimate of drug-likeness (QED) is 0.852. The number of piperazine rings is 1. The van der Waals surface area contributed by atoms with E-state index in [1.807, 2.05) is 4.90 Å². The number of piperidine rings is 1. The lowest BCUT2D eigenvalue weighted by Crippen LogP contribution is -2.49. The van der Waals surface area contributed by atoms with Gasteiger partial charge in [-0.25, -0.2) is 4.98 Å². The van der Waals surface area contributed by atoms with Crippen molar-refractivity contribution in [1.82, 2.24) is 20.2 Å². The number of amides is 1. The summed E-state index contributed by atoms with van der Waals surface area (Å²) in [5.41, 5.74) is 0. The van der Waals surface area contributed by atoms with Crippen LogP contribution < -0.4 is 10.2 Å². The number of anilines is 1. The molecule has 0 bridgehead atoms. The van der Waals surface area contributed by atoms with E-state index >= 15 is 0 Å². The van der Waals surface area contributed by atoms with Crippen LogP contribution in [0.1, 0.15) is 26.2 Å². The molecule has 1 amide bonds. The van der Waals surface area contributed by atoms with E-state index in [2.05, 4.69) is 27.1 Å². The van der Waals surface area contributed by atoms with Crippen LogP contribution in [-0.2, 0) is 4.79 Å². The molecule has 0 radical (unpaired) electrons. The summed E-state index contributed by atoms with van der Waals surface area (Å²) in [4.78, 5) is 25.2. The van der Waals surface area contributed by atoms with E-state index in [1.54, 1.807) is 18.6 Å². The zero-order valence-electron chi connectivity index (χ0n) is 14.8. The first-order valence-corrected chi connectivity index (χ1v) is 8.73. The largest absolute Gasteiger partial charge is 0.352 e. The number of aromatic nitrogens is 2. The average molecular weight is 390 g/mol. The van der Waals surface area contributed by atoms with E-state index < -0.39 is 0 Å². The number of carbonyl (C=O) groups is 1. The Kier molecular flexibility index (Phi) is 9.46. The molecular formula is C17H29Cl2N5O. The predicted octanol–water partition coefficient (Wildman–Crippen LogP) is 1.99. The molecule has 6 nitrogen and oxygen atoms in total. The van der Waals surface area contributed by atoms with Gasteiger partial charge in [0.1, 0.15) is 5.82 Å². The molecule has 2 fully saturated rings.